The Morgan fingerprint density at radius 2 is 1.96 bits per heavy atom. The van der Waals surface area contributed by atoms with Gasteiger partial charge in [0.1, 0.15) is 0 Å². The third kappa shape index (κ3) is 4.45. The molecule has 27 heavy (non-hydrogen) atoms. The van der Waals surface area contributed by atoms with Gasteiger partial charge in [0.2, 0.25) is 0 Å². The van der Waals surface area contributed by atoms with E-state index in [2.05, 4.69) is 5.32 Å². The molecular formula is C19H19F3N2O3. The molecule has 1 aliphatic carbocycles. The van der Waals surface area contributed by atoms with Gasteiger partial charge in [-0.05, 0) is 42.7 Å². The number of benzene rings is 2. The molecule has 1 saturated carbocycles. The first-order valence-electron chi connectivity index (χ1n) is 8.39. The fourth-order valence-corrected chi connectivity index (χ4v) is 2.80. The Kier molecular flexibility index (Phi) is 5.16. The minimum Gasteiger partial charge on any atom is -0.504 e. The second-order valence-corrected chi connectivity index (χ2v) is 6.34. The topological polar surface area (TPSA) is 61.8 Å². The van der Waals surface area contributed by atoms with E-state index in [1.807, 2.05) is 0 Å². The second kappa shape index (κ2) is 7.38. The number of phenols is 1. The summed E-state index contributed by atoms with van der Waals surface area (Å²) < 4.78 is 44.5. The van der Waals surface area contributed by atoms with Crippen LogP contribution in [-0.2, 0) is 12.7 Å². The number of hydrogen-bond donors (Lipinski definition) is 2. The Morgan fingerprint density at radius 3 is 2.59 bits per heavy atom. The summed E-state index contributed by atoms with van der Waals surface area (Å²) in [4.78, 5) is 14.2. The van der Waals surface area contributed by atoms with E-state index in [0.29, 0.717) is 5.56 Å². The van der Waals surface area contributed by atoms with Gasteiger partial charge in [-0.2, -0.15) is 13.2 Å². The number of amides is 2. The molecule has 1 aliphatic rings. The van der Waals surface area contributed by atoms with Crippen molar-refractivity contribution in [3.8, 4) is 11.5 Å². The first-order valence-corrected chi connectivity index (χ1v) is 8.39. The highest BCUT2D eigenvalue weighted by atomic mass is 19.4. The molecule has 2 N–H and O–H groups in total. The fourth-order valence-electron chi connectivity index (χ4n) is 2.80. The molecular weight excluding hydrogens is 361 g/mol. The van der Waals surface area contributed by atoms with Crippen molar-refractivity contribution in [3.05, 3.63) is 53.6 Å². The van der Waals surface area contributed by atoms with E-state index >= 15 is 0 Å². The lowest BCUT2D eigenvalue weighted by atomic mass is 10.1. The van der Waals surface area contributed by atoms with Crippen LogP contribution in [0.3, 0.4) is 0 Å². The average molecular weight is 380 g/mol. The number of carbonyl (C=O) groups is 1. The number of nitrogens with one attached hydrogen (secondary N) is 1. The summed E-state index contributed by atoms with van der Waals surface area (Å²) in [6.45, 7) is 0.196. The third-order valence-corrected chi connectivity index (χ3v) is 4.32. The monoisotopic (exact) mass is 380 g/mol. The van der Waals surface area contributed by atoms with E-state index in [4.69, 9.17) is 4.74 Å². The van der Waals surface area contributed by atoms with Crippen molar-refractivity contribution >= 4 is 11.7 Å². The number of methoxy groups -OCH3 is 1. The van der Waals surface area contributed by atoms with Crippen LogP contribution in [0.25, 0.3) is 0 Å². The van der Waals surface area contributed by atoms with Crippen molar-refractivity contribution < 1.29 is 27.8 Å². The number of anilines is 1. The molecule has 3 rings (SSSR count). The summed E-state index contributed by atoms with van der Waals surface area (Å²) in [6, 6.07) is 8.96. The number of alkyl halides is 3. The second-order valence-electron chi connectivity index (χ2n) is 6.34. The van der Waals surface area contributed by atoms with Crippen LogP contribution in [-0.4, -0.2) is 29.2 Å². The van der Waals surface area contributed by atoms with Gasteiger partial charge >= 0.3 is 12.2 Å². The lowest BCUT2D eigenvalue weighted by molar-refractivity contribution is -0.136. The lowest BCUT2D eigenvalue weighted by Crippen LogP contribution is -2.36. The Hall–Kier alpha value is -2.90. The first-order chi connectivity index (χ1) is 12.8. The molecule has 0 aliphatic heterocycles. The van der Waals surface area contributed by atoms with Gasteiger partial charge in [-0.3, -0.25) is 0 Å². The van der Waals surface area contributed by atoms with Gasteiger partial charge < -0.3 is 20.1 Å². The van der Waals surface area contributed by atoms with Crippen LogP contribution >= 0.6 is 0 Å². The van der Waals surface area contributed by atoms with Crippen molar-refractivity contribution in [2.45, 2.75) is 31.6 Å². The van der Waals surface area contributed by atoms with Crippen LogP contribution in [0.2, 0.25) is 0 Å². The van der Waals surface area contributed by atoms with Gasteiger partial charge in [-0.25, -0.2) is 4.79 Å². The molecule has 1 fully saturated rings. The van der Waals surface area contributed by atoms with Crippen LogP contribution < -0.4 is 10.1 Å². The molecule has 0 atom stereocenters. The SMILES string of the molecule is COc1cc(CN(C(=O)Nc2ccccc2C(F)(F)F)C2CC2)ccc1O. The molecule has 2 amide bonds. The van der Waals surface area contributed by atoms with Crippen LogP contribution in [0.4, 0.5) is 23.7 Å². The van der Waals surface area contributed by atoms with Crippen LogP contribution in [0.5, 0.6) is 11.5 Å². The number of nitrogens with zero attached hydrogens (tertiary/aromatic N) is 1. The quantitative estimate of drug-likeness (QED) is 0.796. The molecule has 8 heteroatoms. The summed E-state index contributed by atoms with van der Waals surface area (Å²) in [5, 5.41) is 12.1. The number of rotatable bonds is 5. The molecule has 0 radical (unpaired) electrons. The number of aromatic hydroxyl groups is 1. The number of phenolic OH excluding ortho intramolecular Hbond substituents is 1. The van der Waals surface area contributed by atoms with E-state index in [1.54, 1.807) is 12.1 Å². The standard InChI is InChI=1S/C19H19F3N2O3/c1-27-17-10-12(6-9-16(17)25)11-24(13-7-8-13)18(26)23-15-5-3-2-4-14(15)19(20,21)22/h2-6,9-10,13,25H,7-8,11H2,1H3,(H,23,26). The molecule has 0 unspecified atom stereocenters. The number of carbonyl (C=O) groups excluding carboxylic acids is 1. The van der Waals surface area contributed by atoms with Crippen LogP contribution in [0.1, 0.15) is 24.0 Å². The summed E-state index contributed by atoms with van der Waals surface area (Å²) in [5.41, 5.74) is -0.458. The van der Waals surface area contributed by atoms with Crippen molar-refractivity contribution in [1.82, 2.24) is 4.90 Å². The Bertz CT molecular complexity index is 835. The predicted octanol–water partition coefficient (Wildman–Crippen LogP) is 4.62. The van der Waals surface area contributed by atoms with Crippen molar-refractivity contribution in [2.24, 2.45) is 0 Å². The Balaban J connectivity index is 1.80. The van der Waals surface area contributed by atoms with Gasteiger partial charge in [0, 0.05) is 12.6 Å². The highest BCUT2D eigenvalue weighted by molar-refractivity contribution is 5.90. The maximum Gasteiger partial charge on any atom is 0.418 e. The van der Waals surface area contributed by atoms with Gasteiger partial charge in [0.25, 0.3) is 0 Å². The normalized spacial score (nSPS) is 13.9. The summed E-state index contributed by atoms with van der Waals surface area (Å²) in [7, 11) is 1.41. The zero-order valence-corrected chi connectivity index (χ0v) is 14.6. The highest BCUT2D eigenvalue weighted by Crippen LogP contribution is 2.36. The van der Waals surface area contributed by atoms with Crippen molar-refractivity contribution in [1.29, 1.82) is 0 Å². The molecule has 0 saturated heterocycles. The summed E-state index contributed by atoms with van der Waals surface area (Å²) in [5.74, 6) is 0.244. The number of halogens is 3. The molecule has 0 bridgehead atoms. The molecule has 0 aromatic heterocycles. The maximum atomic E-state index is 13.1. The number of ether oxygens (including phenoxy) is 1. The molecule has 144 valence electrons. The van der Waals surface area contributed by atoms with E-state index < -0.39 is 17.8 Å². The van der Waals surface area contributed by atoms with E-state index in [1.165, 1.54) is 36.3 Å². The Morgan fingerprint density at radius 1 is 1.26 bits per heavy atom. The van der Waals surface area contributed by atoms with Crippen molar-refractivity contribution in [3.63, 3.8) is 0 Å². The smallest absolute Gasteiger partial charge is 0.418 e. The highest BCUT2D eigenvalue weighted by Gasteiger charge is 2.36. The van der Waals surface area contributed by atoms with Crippen LogP contribution in [0, 0.1) is 0 Å². The van der Waals surface area contributed by atoms with Crippen LogP contribution in [0.15, 0.2) is 42.5 Å². The molecule has 0 spiro atoms. The number of para-hydroxylation sites is 1. The van der Waals surface area contributed by atoms with E-state index in [0.717, 1.165) is 18.9 Å². The zero-order valence-electron chi connectivity index (χ0n) is 14.6. The predicted molar refractivity (Wildman–Crippen MR) is 93.7 cm³/mol. The summed E-state index contributed by atoms with van der Waals surface area (Å²) >= 11 is 0. The largest absolute Gasteiger partial charge is 0.504 e. The van der Waals surface area contributed by atoms with E-state index in [-0.39, 0.29) is 29.8 Å². The molecule has 5 nitrogen and oxygen atoms in total. The van der Waals surface area contributed by atoms with Gasteiger partial charge in [-0.1, -0.05) is 18.2 Å². The van der Waals surface area contributed by atoms with Gasteiger partial charge in [0.15, 0.2) is 11.5 Å². The number of urea groups is 1. The Labute approximate surface area is 154 Å². The minimum absolute atomic E-state index is 0.0251. The van der Waals surface area contributed by atoms with Gasteiger partial charge in [-0.15, -0.1) is 0 Å². The maximum absolute atomic E-state index is 13.1. The minimum atomic E-state index is -4.56. The molecule has 0 heterocycles. The first kappa shape index (κ1) is 18.9. The fraction of sp³-hybridized carbons (Fsp3) is 0.316. The van der Waals surface area contributed by atoms with E-state index in [9.17, 15) is 23.1 Å². The third-order valence-electron chi connectivity index (χ3n) is 4.32. The lowest BCUT2D eigenvalue weighted by Gasteiger charge is -2.24. The zero-order chi connectivity index (χ0) is 19.6. The average Bonchev–Trinajstić information content (AvgIpc) is 3.45. The molecule has 2 aromatic rings. The number of hydrogen-bond acceptors (Lipinski definition) is 3. The van der Waals surface area contributed by atoms with Gasteiger partial charge in [0.05, 0.1) is 18.4 Å². The molecule has 2 aromatic carbocycles. The summed E-state index contributed by atoms with van der Waals surface area (Å²) in [6.07, 6.45) is -2.97. The van der Waals surface area contributed by atoms with Crippen molar-refractivity contribution in [2.75, 3.05) is 12.4 Å².